The van der Waals surface area contributed by atoms with Crippen molar-refractivity contribution in [3.8, 4) is 158 Å². The summed E-state index contributed by atoms with van der Waals surface area (Å²) in [4.78, 5) is 46.2. The summed E-state index contributed by atoms with van der Waals surface area (Å²) >= 11 is 1.87. The van der Waals surface area contributed by atoms with E-state index in [1.807, 2.05) is 115 Å². The molecule has 3 aliphatic carbocycles. The van der Waals surface area contributed by atoms with Crippen molar-refractivity contribution in [2.45, 2.75) is 57.8 Å². The molecule has 28 rings (SSSR count). The highest BCUT2D eigenvalue weighted by atomic mass is 32.1. The van der Waals surface area contributed by atoms with Gasteiger partial charge in [-0.05, 0) is 149 Å². The first-order valence-corrected chi connectivity index (χ1v) is 48.8. The Hall–Kier alpha value is -17.7. The Morgan fingerprint density at radius 3 is 1.11 bits per heavy atom. The van der Waals surface area contributed by atoms with Crippen LogP contribution in [0.5, 0.6) is 0 Å². The standard InChI is InChI=1S/C47H33N5.C44H30N4O.C37H26N2S/c1-47(2)38-19-6-3-18-37(38)45-43(47)44(30-14-13-15-34(29-30)52-41-22-7-4-16-35(41)36-17-5-8-23-42(36)52)50-46(51-45)33-27-31(39-20-9-11-24-48-39)26-32(28-33)40-21-10-12-25-49-40;1-44(2)34-20-6-3-19-33(34)41-39(44)40(46-42(47-41)28-14-11-15-29(25-28)43-45-35-21-7-10-24-38(35)49-43)27-13-12-16-30(26-27)48-36-22-8-4-17-31(36)32-18-5-9-23-37(32)48;1-37(2)30-17-8-6-14-29(30)34-32(37)33(38-36(39-34)25-11-4-3-5-12-25)24-21-19-23(20-22-24)26-15-10-16-28-27-13-7-9-18-31(27)40-35(26)28/h3-29H,1-2H3;3-26H,1-2H3;3-22H,1-2H3. The minimum absolute atomic E-state index is 0.197. The second-order valence-electron chi connectivity index (χ2n) is 38.2. The topological polar surface area (TPSA) is 139 Å². The highest BCUT2D eigenvalue weighted by Crippen LogP contribution is 2.56. The molecule has 141 heavy (non-hydrogen) atoms. The van der Waals surface area contributed by atoms with Crippen LogP contribution in [-0.2, 0) is 16.2 Å². The number of benzene rings is 16. The third-order valence-electron chi connectivity index (χ3n) is 28.8. The minimum Gasteiger partial charge on any atom is -0.436 e. The molecule has 9 aromatic heterocycles. The molecule has 0 saturated carbocycles. The van der Waals surface area contributed by atoms with Gasteiger partial charge in [0.25, 0.3) is 0 Å². The number of fused-ring (bicyclic) bond motifs is 19. The van der Waals surface area contributed by atoms with E-state index in [1.165, 1.54) is 103 Å². The summed E-state index contributed by atoms with van der Waals surface area (Å²) in [6.07, 6.45) is 3.66. The number of rotatable bonds is 12. The Morgan fingerprint density at radius 2 is 0.603 bits per heavy atom. The van der Waals surface area contributed by atoms with Crippen molar-refractivity contribution >= 4 is 86.2 Å². The van der Waals surface area contributed by atoms with E-state index in [1.54, 1.807) is 0 Å². The molecule has 0 spiro atoms. The average Bonchev–Trinajstić information content (AvgIpc) is 1.55. The SMILES string of the molecule is CC1(C)c2ccccc2-c2nc(-c3cc(-c4ccccn4)cc(-c4ccccn4)c3)nc(-c3cccc(-n4c5ccccc5c5ccccc54)c3)c21.CC1(C)c2ccccc2-c2nc(-c3cccc(-c4nc5ccccc5o4)c3)nc(-c3cccc(-n4c5ccccc5c5ccccc54)c3)c21.CC1(C)c2ccccc2-c2nc(-c3ccccc3)nc(-c3ccc(-c4cccc5c4sc4ccccc45)cc3)c21. The Kier molecular flexibility index (Phi) is 19.9. The van der Waals surface area contributed by atoms with Gasteiger partial charge in [0.2, 0.25) is 5.89 Å². The van der Waals surface area contributed by atoms with Gasteiger partial charge in [0.1, 0.15) is 5.52 Å². The molecular formula is C128H89N11OS. The van der Waals surface area contributed by atoms with E-state index >= 15 is 0 Å². The summed E-state index contributed by atoms with van der Waals surface area (Å²) in [6.45, 7) is 13.8. The maximum Gasteiger partial charge on any atom is 0.227 e. The zero-order valence-corrected chi connectivity index (χ0v) is 79.0. The van der Waals surface area contributed by atoms with E-state index in [0.717, 1.165) is 146 Å². The van der Waals surface area contributed by atoms with Gasteiger partial charge in [0.05, 0.1) is 67.6 Å². The average molecular weight is 1830 g/mol. The number of hydrogen-bond acceptors (Lipinski definition) is 11. The van der Waals surface area contributed by atoms with Gasteiger partial charge in [-0.2, -0.15) is 0 Å². The number of nitrogens with zero attached hydrogens (tertiary/aromatic N) is 11. The Labute approximate surface area is 819 Å². The molecule has 3 aliphatic rings. The van der Waals surface area contributed by atoms with E-state index in [-0.39, 0.29) is 16.2 Å². The minimum atomic E-state index is -0.308. The molecule has 0 radical (unpaired) electrons. The van der Waals surface area contributed by atoms with E-state index in [2.05, 4.69) is 378 Å². The van der Waals surface area contributed by atoms with Crippen LogP contribution >= 0.6 is 11.3 Å². The molecule has 0 aliphatic heterocycles. The van der Waals surface area contributed by atoms with Gasteiger partial charge in [0.15, 0.2) is 23.1 Å². The molecule has 13 heteroatoms. The summed E-state index contributed by atoms with van der Waals surface area (Å²) in [5, 5.41) is 7.60. The normalized spacial score (nSPS) is 13.2. The van der Waals surface area contributed by atoms with E-state index in [4.69, 9.17) is 49.3 Å². The van der Waals surface area contributed by atoms with Crippen LogP contribution in [0.4, 0.5) is 0 Å². The quantitative estimate of drug-likeness (QED) is 0.116. The lowest BCUT2D eigenvalue weighted by Crippen LogP contribution is -2.17. The smallest absolute Gasteiger partial charge is 0.227 e. The van der Waals surface area contributed by atoms with Crippen molar-refractivity contribution in [1.29, 1.82) is 0 Å². The highest BCUT2D eigenvalue weighted by Gasteiger charge is 2.44. The lowest BCUT2D eigenvalue weighted by Gasteiger charge is -2.24. The summed E-state index contributed by atoms with van der Waals surface area (Å²) in [5.41, 5.74) is 37.6. The molecule has 16 aromatic carbocycles. The predicted octanol–water partition coefficient (Wildman–Crippen LogP) is 32.5. The van der Waals surface area contributed by atoms with E-state index in [9.17, 15) is 0 Å². The van der Waals surface area contributed by atoms with Crippen LogP contribution in [-0.4, -0.2) is 54.0 Å². The molecule has 9 heterocycles. The monoisotopic (exact) mass is 1830 g/mol. The molecule has 25 aromatic rings. The third-order valence-corrected chi connectivity index (χ3v) is 30.0. The van der Waals surface area contributed by atoms with E-state index in [0.29, 0.717) is 17.5 Å². The van der Waals surface area contributed by atoms with Gasteiger partial charge in [-0.25, -0.2) is 34.9 Å². The fourth-order valence-electron chi connectivity index (χ4n) is 22.1. The van der Waals surface area contributed by atoms with Crippen molar-refractivity contribution in [1.82, 2.24) is 54.0 Å². The molecular weight excluding hydrogens is 1740 g/mol. The van der Waals surface area contributed by atoms with E-state index < -0.39 is 0 Å². The maximum absolute atomic E-state index is 6.14. The van der Waals surface area contributed by atoms with Crippen LogP contribution in [0.3, 0.4) is 0 Å². The van der Waals surface area contributed by atoms with Crippen molar-refractivity contribution in [3.63, 3.8) is 0 Å². The number of thiophene rings is 1. The summed E-state index contributed by atoms with van der Waals surface area (Å²) in [5.74, 6) is 2.68. The van der Waals surface area contributed by atoms with Gasteiger partial charge in [-0.3, -0.25) is 9.97 Å². The third kappa shape index (κ3) is 14.0. The summed E-state index contributed by atoms with van der Waals surface area (Å²) in [6, 6.07) is 147. The van der Waals surface area contributed by atoms with Crippen LogP contribution in [0.1, 0.15) is 74.9 Å². The second-order valence-corrected chi connectivity index (χ2v) is 39.3. The summed E-state index contributed by atoms with van der Waals surface area (Å²) in [7, 11) is 0. The molecule has 0 N–H and O–H groups in total. The Morgan fingerprint density at radius 1 is 0.241 bits per heavy atom. The van der Waals surface area contributed by atoms with Crippen molar-refractivity contribution in [3.05, 3.63) is 464 Å². The number of hydrogen-bond donors (Lipinski definition) is 0. The molecule has 0 unspecified atom stereocenters. The molecule has 12 nitrogen and oxygen atoms in total. The van der Waals surface area contributed by atoms with Gasteiger partial charge in [-0.1, -0.05) is 339 Å². The fraction of sp³-hybridized carbons (Fsp3) is 0.0703. The number of pyridine rings is 2. The molecule has 0 amide bonds. The summed E-state index contributed by atoms with van der Waals surface area (Å²) < 4.78 is 13.5. The molecule has 0 atom stereocenters. The zero-order valence-electron chi connectivity index (χ0n) is 78.2. The molecule has 0 bridgehead atoms. The molecule has 0 saturated heterocycles. The first-order chi connectivity index (χ1) is 69.2. The lowest BCUT2D eigenvalue weighted by atomic mass is 9.80. The zero-order chi connectivity index (χ0) is 94.4. The predicted molar refractivity (Wildman–Crippen MR) is 578 cm³/mol. The first-order valence-electron chi connectivity index (χ1n) is 47.9. The second kappa shape index (κ2) is 33.4. The van der Waals surface area contributed by atoms with Crippen LogP contribution < -0.4 is 0 Å². The Balaban J connectivity index is 0.000000110. The van der Waals surface area contributed by atoms with Crippen LogP contribution in [0, 0.1) is 0 Å². The maximum atomic E-state index is 6.14. The van der Waals surface area contributed by atoms with Crippen molar-refractivity contribution < 1.29 is 4.42 Å². The largest absolute Gasteiger partial charge is 0.436 e. The number of oxazole rings is 1. The molecule has 668 valence electrons. The van der Waals surface area contributed by atoms with Crippen molar-refractivity contribution in [2.75, 3.05) is 0 Å². The number of para-hydroxylation sites is 6. The van der Waals surface area contributed by atoms with Crippen molar-refractivity contribution in [2.24, 2.45) is 0 Å². The van der Waals surface area contributed by atoms with Crippen LogP contribution in [0.15, 0.2) is 435 Å². The van der Waals surface area contributed by atoms with Gasteiger partial charge >= 0.3 is 0 Å². The first kappa shape index (κ1) is 83.9. The van der Waals surface area contributed by atoms with Crippen LogP contribution in [0.2, 0.25) is 0 Å². The Bertz CT molecular complexity index is 9160. The highest BCUT2D eigenvalue weighted by molar-refractivity contribution is 7.26. The molecule has 0 fully saturated rings. The number of aromatic nitrogens is 11. The lowest BCUT2D eigenvalue weighted by molar-refractivity contribution is 0.620. The van der Waals surface area contributed by atoms with Gasteiger partial charge in [0, 0.05) is 165 Å². The van der Waals surface area contributed by atoms with Gasteiger partial charge in [-0.15, -0.1) is 11.3 Å². The van der Waals surface area contributed by atoms with Gasteiger partial charge < -0.3 is 13.6 Å². The van der Waals surface area contributed by atoms with Crippen LogP contribution in [0.25, 0.3) is 233 Å². The fourth-order valence-corrected chi connectivity index (χ4v) is 23.4.